The van der Waals surface area contributed by atoms with Crippen molar-refractivity contribution in [3.63, 3.8) is 0 Å². The van der Waals surface area contributed by atoms with Gasteiger partial charge in [0.05, 0.1) is 29.0 Å². The first-order chi connectivity index (χ1) is 14.0. The van der Waals surface area contributed by atoms with E-state index < -0.39 is 16.0 Å². The molecule has 0 atom stereocenters. The van der Waals surface area contributed by atoms with E-state index in [1.165, 1.54) is 31.4 Å². The van der Waals surface area contributed by atoms with Gasteiger partial charge in [0.2, 0.25) is 0 Å². The number of rotatable bonds is 5. The van der Waals surface area contributed by atoms with Crippen LogP contribution in [0, 0.1) is 0 Å². The number of hydrogen-bond donors (Lipinski definition) is 1. The zero-order valence-corrected chi connectivity index (χ0v) is 16.8. The fourth-order valence-corrected chi connectivity index (χ4v) is 4.51. The zero-order valence-electron chi connectivity index (χ0n) is 16.0. The number of anilines is 1. The van der Waals surface area contributed by atoms with Crippen molar-refractivity contribution in [2.24, 2.45) is 0 Å². The fourth-order valence-electron chi connectivity index (χ4n) is 3.43. The predicted molar refractivity (Wildman–Crippen MR) is 109 cm³/mol. The minimum Gasteiger partial charge on any atom is -0.465 e. The molecular formula is C21H21N3O4S. The highest BCUT2D eigenvalue weighted by Gasteiger charge is 2.20. The Morgan fingerprint density at radius 3 is 2.59 bits per heavy atom. The lowest BCUT2D eigenvalue weighted by Crippen LogP contribution is -2.14. The number of ether oxygens (including phenoxy) is 1. The highest BCUT2D eigenvalue weighted by Crippen LogP contribution is 2.30. The number of aryl methyl sites for hydroxylation is 2. The summed E-state index contributed by atoms with van der Waals surface area (Å²) >= 11 is 0. The maximum Gasteiger partial charge on any atom is 0.337 e. The Hall–Kier alpha value is -3.13. The van der Waals surface area contributed by atoms with Gasteiger partial charge in [0, 0.05) is 24.7 Å². The van der Waals surface area contributed by atoms with Gasteiger partial charge >= 0.3 is 5.97 Å². The number of fused-ring (bicyclic) bond motifs is 1. The number of carbonyl (C=O) groups excluding carboxylic acids is 1. The third-order valence-electron chi connectivity index (χ3n) is 4.94. The SMILES string of the molecule is COC(=O)c1ccc(S(=O)(=O)Nc2ccccc2-c2cn3c(n2)CCCC3)cc1. The number of nitrogens with zero attached hydrogens (tertiary/aromatic N) is 2. The molecule has 1 aromatic heterocycles. The van der Waals surface area contributed by atoms with Gasteiger partial charge < -0.3 is 9.30 Å². The summed E-state index contributed by atoms with van der Waals surface area (Å²) in [5, 5.41) is 0. The normalized spacial score (nSPS) is 13.6. The lowest BCUT2D eigenvalue weighted by molar-refractivity contribution is 0.0600. The molecule has 29 heavy (non-hydrogen) atoms. The third kappa shape index (κ3) is 3.88. The van der Waals surface area contributed by atoms with E-state index in [2.05, 4.69) is 14.0 Å². The van der Waals surface area contributed by atoms with Gasteiger partial charge in [-0.2, -0.15) is 0 Å². The number of esters is 1. The topological polar surface area (TPSA) is 90.3 Å². The Labute approximate surface area is 169 Å². The lowest BCUT2D eigenvalue weighted by atomic mass is 10.1. The van der Waals surface area contributed by atoms with Gasteiger partial charge in [-0.25, -0.2) is 18.2 Å². The molecule has 0 saturated carbocycles. The number of para-hydroxylation sites is 1. The van der Waals surface area contributed by atoms with Crippen molar-refractivity contribution in [3.05, 3.63) is 66.1 Å². The summed E-state index contributed by atoms with van der Waals surface area (Å²) in [6.07, 6.45) is 5.15. The number of sulfonamides is 1. The Morgan fingerprint density at radius 2 is 1.86 bits per heavy atom. The first-order valence-electron chi connectivity index (χ1n) is 9.34. The molecule has 0 radical (unpaired) electrons. The number of aromatic nitrogens is 2. The summed E-state index contributed by atoms with van der Waals surface area (Å²) < 4.78 is 35.2. The summed E-state index contributed by atoms with van der Waals surface area (Å²) in [5.74, 6) is 0.512. The highest BCUT2D eigenvalue weighted by molar-refractivity contribution is 7.92. The summed E-state index contributed by atoms with van der Waals surface area (Å²) in [4.78, 5) is 16.3. The second-order valence-corrected chi connectivity index (χ2v) is 8.54. The molecule has 0 spiro atoms. The van der Waals surface area contributed by atoms with Crippen molar-refractivity contribution in [1.82, 2.24) is 9.55 Å². The van der Waals surface area contributed by atoms with E-state index in [4.69, 9.17) is 4.98 Å². The van der Waals surface area contributed by atoms with E-state index in [9.17, 15) is 13.2 Å². The van der Waals surface area contributed by atoms with Gasteiger partial charge in [-0.15, -0.1) is 0 Å². The smallest absolute Gasteiger partial charge is 0.337 e. The predicted octanol–water partition coefficient (Wildman–Crippen LogP) is 3.47. The number of methoxy groups -OCH3 is 1. The molecule has 0 bridgehead atoms. The average Bonchev–Trinajstić information content (AvgIpc) is 3.17. The molecule has 8 heteroatoms. The largest absolute Gasteiger partial charge is 0.465 e. The molecule has 0 aliphatic carbocycles. The number of nitrogens with one attached hydrogen (secondary N) is 1. The van der Waals surface area contributed by atoms with Crippen LogP contribution in [0.1, 0.15) is 29.0 Å². The molecule has 2 aromatic carbocycles. The molecule has 0 saturated heterocycles. The van der Waals surface area contributed by atoms with E-state index in [-0.39, 0.29) is 10.5 Å². The standard InChI is InChI=1S/C21H21N3O4S/c1-28-21(25)15-9-11-16(12-10-15)29(26,27)23-18-7-3-2-6-17(18)19-14-24-13-5-4-8-20(24)22-19/h2-3,6-7,9-12,14,23H,4-5,8,13H2,1H3. The van der Waals surface area contributed by atoms with Crippen LogP contribution in [0.4, 0.5) is 5.69 Å². The van der Waals surface area contributed by atoms with Crippen LogP contribution in [0.2, 0.25) is 0 Å². The highest BCUT2D eigenvalue weighted by atomic mass is 32.2. The van der Waals surface area contributed by atoms with Crippen molar-refractivity contribution >= 4 is 21.7 Å². The van der Waals surface area contributed by atoms with Crippen molar-refractivity contribution in [2.45, 2.75) is 30.7 Å². The Balaban J connectivity index is 1.64. The minimum atomic E-state index is -3.83. The van der Waals surface area contributed by atoms with Crippen LogP contribution in [0.25, 0.3) is 11.3 Å². The fraction of sp³-hybridized carbons (Fsp3) is 0.238. The van der Waals surface area contributed by atoms with Gasteiger partial charge in [-0.05, 0) is 43.2 Å². The summed E-state index contributed by atoms with van der Waals surface area (Å²) in [6, 6.07) is 12.8. The van der Waals surface area contributed by atoms with Crippen molar-refractivity contribution in [3.8, 4) is 11.3 Å². The van der Waals surface area contributed by atoms with Gasteiger partial charge in [-0.1, -0.05) is 18.2 Å². The van der Waals surface area contributed by atoms with Gasteiger partial charge in [0.25, 0.3) is 10.0 Å². The monoisotopic (exact) mass is 411 g/mol. The van der Waals surface area contributed by atoms with Gasteiger partial charge in [-0.3, -0.25) is 4.72 Å². The molecule has 0 amide bonds. The Bertz CT molecular complexity index is 1130. The number of hydrogen-bond acceptors (Lipinski definition) is 5. The molecule has 0 fully saturated rings. The maximum absolute atomic E-state index is 12.9. The molecule has 0 unspecified atom stereocenters. The minimum absolute atomic E-state index is 0.0593. The summed E-state index contributed by atoms with van der Waals surface area (Å²) in [7, 11) is -2.55. The van der Waals surface area contributed by atoms with Crippen LogP contribution >= 0.6 is 0 Å². The summed E-state index contributed by atoms with van der Waals surface area (Å²) in [6.45, 7) is 0.933. The number of benzene rings is 2. The second kappa shape index (κ2) is 7.71. The number of imidazole rings is 1. The second-order valence-electron chi connectivity index (χ2n) is 6.86. The van der Waals surface area contributed by atoms with Crippen molar-refractivity contribution in [1.29, 1.82) is 0 Å². The van der Waals surface area contributed by atoms with Crippen LogP contribution in [0.3, 0.4) is 0 Å². The Morgan fingerprint density at radius 1 is 1.10 bits per heavy atom. The van der Waals surface area contributed by atoms with Crippen molar-refractivity contribution < 1.29 is 17.9 Å². The van der Waals surface area contributed by atoms with Crippen LogP contribution in [-0.2, 0) is 27.7 Å². The molecule has 2 heterocycles. The van der Waals surface area contributed by atoms with E-state index in [1.807, 2.05) is 18.3 Å². The van der Waals surface area contributed by atoms with E-state index in [0.29, 0.717) is 5.69 Å². The average molecular weight is 411 g/mol. The quantitative estimate of drug-likeness (QED) is 0.649. The first-order valence-corrected chi connectivity index (χ1v) is 10.8. The molecule has 1 aliphatic heterocycles. The maximum atomic E-state index is 12.9. The van der Waals surface area contributed by atoms with Gasteiger partial charge in [0.15, 0.2) is 0 Å². The third-order valence-corrected chi connectivity index (χ3v) is 6.32. The van der Waals surface area contributed by atoms with Crippen molar-refractivity contribution in [2.75, 3.05) is 11.8 Å². The van der Waals surface area contributed by atoms with Crippen LogP contribution in [-0.4, -0.2) is 31.0 Å². The van der Waals surface area contributed by atoms with Crippen LogP contribution in [0.5, 0.6) is 0 Å². The van der Waals surface area contributed by atoms with E-state index in [0.717, 1.165) is 42.9 Å². The Kier molecular flexibility index (Phi) is 5.10. The lowest BCUT2D eigenvalue weighted by Gasteiger charge is -2.12. The molecule has 1 aliphatic rings. The van der Waals surface area contributed by atoms with Crippen LogP contribution < -0.4 is 4.72 Å². The molecule has 1 N–H and O–H groups in total. The van der Waals surface area contributed by atoms with Gasteiger partial charge in [0.1, 0.15) is 5.82 Å². The molecular weight excluding hydrogens is 390 g/mol. The first kappa shape index (κ1) is 19.2. The van der Waals surface area contributed by atoms with Crippen LogP contribution in [0.15, 0.2) is 59.6 Å². The molecule has 150 valence electrons. The molecule has 3 aromatic rings. The van der Waals surface area contributed by atoms with E-state index in [1.54, 1.807) is 12.1 Å². The van der Waals surface area contributed by atoms with E-state index >= 15 is 0 Å². The summed E-state index contributed by atoms with van der Waals surface area (Å²) in [5.41, 5.74) is 2.22. The number of carbonyl (C=O) groups is 1. The zero-order chi connectivity index (χ0) is 20.4. The molecule has 7 nitrogen and oxygen atoms in total. The molecule has 4 rings (SSSR count).